The van der Waals surface area contributed by atoms with E-state index in [9.17, 15) is 0 Å². The molecule has 0 aliphatic rings. The molecule has 88 valence electrons. The molecule has 2 aromatic rings. The van der Waals surface area contributed by atoms with Crippen molar-refractivity contribution in [3.63, 3.8) is 0 Å². The lowest BCUT2D eigenvalue weighted by Gasteiger charge is -2.10. The molecule has 2 heteroatoms. The van der Waals surface area contributed by atoms with Crippen LogP contribution in [0.15, 0.2) is 43.2 Å². The molecule has 0 aliphatic carbocycles. The molecule has 0 spiro atoms. The van der Waals surface area contributed by atoms with E-state index in [1.165, 1.54) is 16.8 Å². The summed E-state index contributed by atoms with van der Waals surface area (Å²) in [7, 11) is 0. The molecule has 0 unspecified atom stereocenters. The third kappa shape index (κ3) is 2.47. The molecular formula is C15H18N2. The van der Waals surface area contributed by atoms with E-state index in [0.717, 1.165) is 18.7 Å². The second-order valence-electron chi connectivity index (χ2n) is 4.34. The van der Waals surface area contributed by atoms with Gasteiger partial charge in [-0.15, -0.1) is 6.58 Å². The molecule has 0 radical (unpaired) electrons. The minimum Gasteiger partial charge on any atom is -0.346 e. The zero-order valence-corrected chi connectivity index (χ0v) is 10.5. The van der Waals surface area contributed by atoms with Crippen molar-refractivity contribution in [2.75, 3.05) is 0 Å². The van der Waals surface area contributed by atoms with Gasteiger partial charge in [0.25, 0.3) is 0 Å². The fourth-order valence-corrected chi connectivity index (χ4v) is 2.04. The van der Waals surface area contributed by atoms with E-state index in [4.69, 9.17) is 0 Å². The van der Waals surface area contributed by atoms with E-state index in [-0.39, 0.29) is 0 Å². The Morgan fingerprint density at radius 2 is 2.24 bits per heavy atom. The quantitative estimate of drug-likeness (QED) is 0.726. The molecule has 2 aromatic heterocycles. The summed E-state index contributed by atoms with van der Waals surface area (Å²) < 4.78 is 2.23. The van der Waals surface area contributed by atoms with E-state index in [0.29, 0.717) is 0 Å². The third-order valence-corrected chi connectivity index (χ3v) is 2.86. The molecule has 0 N–H and O–H groups in total. The average Bonchev–Trinajstić information content (AvgIpc) is 2.74. The van der Waals surface area contributed by atoms with Gasteiger partial charge in [0.1, 0.15) is 0 Å². The fourth-order valence-electron chi connectivity index (χ4n) is 2.04. The van der Waals surface area contributed by atoms with Crippen LogP contribution in [0, 0.1) is 13.8 Å². The highest BCUT2D eigenvalue weighted by molar-refractivity contribution is 5.59. The van der Waals surface area contributed by atoms with Crippen LogP contribution in [0.2, 0.25) is 0 Å². The first-order valence-electron chi connectivity index (χ1n) is 5.92. The predicted octanol–water partition coefficient (Wildman–Crippen LogP) is 3.74. The van der Waals surface area contributed by atoms with Crippen LogP contribution in [0.3, 0.4) is 0 Å². The normalized spacial score (nSPS) is 10.5. The van der Waals surface area contributed by atoms with Crippen LogP contribution >= 0.6 is 0 Å². The molecule has 0 saturated carbocycles. The van der Waals surface area contributed by atoms with Crippen LogP contribution in [-0.2, 0) is 6.54 Å². The minimum absolute atomic E-state index is 0.959. The highest BCUT2D eigenvalue weighted by Crippen LogP contribution is 2.22. The predicted molar refractivity (Wildman–Crippen MR) is 72.0 cm³/mol. The maximum atomic E-state index is 4.54. The highest BCUT2D eigenvalue weighted by atomic mass is 15.0. The zero-order valence-electron chi connectivity index (χ0n) is 10.5. The van der Waals surface area contributed by atoms with Gasteiger partial charge in [-0.25, -0.2) is 0 Å². The van der Waals surface area contributed by atoms with E-state index >= 15 is 0 Å². The first kappa shape index (κ1) is 11.6. The van der Waals surface area contributed by atoms with Gasteiger partial charge >= 0.3 is 0 Å². The molecule has 0 fully saturated rings. The fraction of sp³-hybridized carbons (Fsp3) is 0.267. The number of aromatic nitrogens is 2. The largest absolute Gasteiger partial charge is 0.346 e. The second kappa shape index (κ2) is 5.00. The van der Waals surface area contributed by atoms with Crippen LogP contribution < -0.4 is 0 Å². The summed E-state index contributed by atoms with van der Waals surface area (Å²) in [6, 6.07) is 6.36. The smallest absolute Gasteiger partial charge is 0.0895 e. The number of aryl methyl sites for hydroxylation is 3. The molecule has 2 heterocycles. The van der Waals surface area contributed by atoms with Crippen molar-refractivity contribution in [1.82, 2.24) is 9.55 Å². The number of nitrogens with zero attached hydrogens (tertiary/aromatic N) is 2. The monoisotopic (exact) mass is 226 g/mol. The van der Waals surface area contributed by atoms with Gasteiger partial charge in [-0.2, -0.15) is 0 Å². The maximum absolute atomic E-state index is 4.54. The van der Waals surface area contributed by atoms with Crippen LogP contribution in [0.4, 0.5) is 0 Å². The molecule has 0 aromatic carbocycles. The Morgan fingerprint density at radius 3 is 2.94 bits per heavy atom. The molecule has 2 nitrogen and oxygen atoms in total. The summed E-state index contributed by atoms with van der Waals surface area (Å²) in [5.74, 6) is 0. The van der Waals surface area contributed by atoms with Gasteiger partial charge in [-0.3, -0.25) is 4.98 Å². The zero-order chi connectivity index (χ0) is 12.3. The molecule has 0 aliphatic heterocycles. The summed E-state index contributed by atoms with van der Waals surface area (Å²) in [5, 5.41) is 0. The Morgan fingerprint density at radius 1 is 1.41 bits per heavy atom. The van der Waals surface area contributed by atoms with Gasteiger partial charge in [-0.05, 0) is 43.5 Å². The Kier molecular flexibility index (Phi) is 3.43. The average molecular weight is 226 g/mol. The highest BCUT2D eigenvalue weighted by Gasteiger charge is 2.07. The lowest BCUT2D eigenvalue weighted by Crippen LogP contribution is -2.00. The number of rotatable bonds is 4. The van der Waals surface area contributed by atoms with Crippen LogP contribution in [0.25, 0.3) is 11.4 Å². The summed E-state index contributed by atoms with van der Waals surface area (Å²) in [5.41, 5.74) is 4.69. The van der Waals surface area contributed by atoms with E-state index in [1.807, 2.05) is 12.3 Å². The number of hydrogen-bond donors (Lipinski definition) is 0. The molecule has 17 heavy (non-hydrogen) atoms. The van der Waals surface area contributed by atoms with Crippen molar-refractivity contribution >= 4 is 0 Å². The molecule has 0 amide bonds. The van der Waals surface area contributed by atoms with Gasteiger partial charge < -0.3 is 4.57 Å². The molecule has 0 saturated heterocycles. The summed E-state index contributed by atoms with van der Waals surface area (Å²) in [4.78, 5) is 4.54. The SMILES string of the molecule is C=CCCn1cccc1-c1ncc(C)cc1C. The standard InChI is InChI=1S/C15H18N2/c1-4-5-8-17-9-6-7-14(17)15-13(3)10-12(2)11-16-15/h4,6-7,9-11H,1,5,8H2,2-3H3. The summed E-state index contributed by atoms with van der Waals surface area (Å²) >= 11 is 0. The van der Waals surface area contributed by atoms with Gasteiger partial charge in [0.05, 0.1) is 11.4 Å². The van der Waals surface area contributed by atoms with Crippen molar-refractivity contribution in [3.8, 4) is 11.4 Å². The van der Waals surface area contributed by atoms with Crippen molar-refractivity contribution in [1.29, 1.82) is 0 Å². The van der Waals surface area contributed by atoms with E-state index < -0.39 is 0 Å². The van der Waals surface area contributed by atoms with Gasteiger partial charge in [-0.1, -0.05) is 12.1 Å². The summed E-state index contributed by atoms with van der Waals surface area (Å²) in [6.45, 7) is 8.90. The number of pyridine rings is 1. The summed E-state index contributed by atoms with van der Waals surface area (Å²) in [6.07, 6.45) is 6.94. The topological polar surface area (TPSA) is 17.8 Å². The van der Waals surface area contributed by atoms with Crippen molar-refractivity contribution in [2.45, 2.75) is 26.8 Å². The first-order chi connectivity index (χ1) is 8.22. The maximum Gasteiger partial charge on any atom is 0.0895 e. The second-order valence-corrected chi connectivity index (χ2v) is 4.34. The molecule has 2 rings (SSSR count). The van der Waals surface area contributed by atoms with Crippen LogP contribution in [-0.4, -0.2) is 9.55 Å². The van der Waals surface area contributed by atoms with Gasteiger partial charge in [0.2, 0.25) is 0 Å². The minimum atomic E-state index is 0.959. The molecule has 0 bridgehead atoms. The Bertz CT molecular complexity index is 523. The van der Waals surface area contributed by atoms with Crippen LogP contribution in [0.1, 0.15) is 17.5 Å². The third-order valence-electron chi connectivity index (χ3n) is 2.86. The van der Waals surface area contributed by atoms with Gasteiger partial charge in [0.15, 0.2) is 0 Å². The van der Waals surface area contributed by atoms with E-state index in [2.05, 4.69) is 54.4 Å². The van der Waals surface area contributed by atoms with E-state index in [1.54, 1.807) is 0 Å². The van der Waals surface area contributed by atoms with Crippen molar-refractivity contribution in [2.24, 2.45) is 0 Å². The molecule has 0 atom stereocenters. The Balaban J connectivity index is 2.38. The lowest BCUT2D eigenvalue weighted by atomic mass is 10.1. The lowest BCUT2D eigenvalue weighted by molar-refractivity contribution is 0.720. The van der Waals surface area contributed by atoms with Crippen molar-refractivity contribution in [3.05, 3.63) is 54.4 Å². The number of hydrogen-bond acceptors (Lipinski definition) is 1. The van der Waals surface area contributed by atoms with Gasteiger partial charge in [0, 0.05) is 18.9 Å². The van der Waals surface area contributed by atoms with Crippen molar-refractivity contribution < 1.29 is 0 Å². The Labute approximate surface area is 103 Å². The van der Waals surface area contributed by atoms with Crippen LogP contribution in [0.5, 0.6) is 0 Å². The number of allylic oxidation sites excluding steroid dienone is 1. The first-order valence-corrected chi connectivity index (χ1v) is 5.92. The molecular weight excluding hydrogens is 208 g/mol. The Hall–Kier alpha value is -1.83.